The molecule has 0 heterocycles. The number of nitrogens with zero attached hydrogens (tertiary/aromatic N) is 1. The van der Waals surface area contributed by atoms with Crippen LogP contribution in [0, 0.1) is 11.7 Å². The zero-order valence-corrected chi connectivity index (χ0v) is 17.5. The number of benzene rings is 2. The van der Waals surface area contributed by atoms with Crippen LogP contribution >= 0.6 is 11.6 Å². The molecule has 0 aliphatic carbocycles. The van der Waals surface area contributed by atoms with Crippen LogP contribution in [-0.4, -0.2) is 37.0 Å². The fourth-order valence-corrected chi connectivity index (χ4v) is 4.62. The van der Waals surface area contributed by atoms with Gasteiger partial charge in [-0.25, -0.2) is 12.8 Å². The minimum absolute atomic E-state index is 0.0550. The lowest BCUT2D eigenvalue weighted by Gasteiger charge is -2.30. The van der Waals surface area contributed by atoms with Crippen LogP contribution in [0.2, 0.25) is 5.02 Å². The van der Waals surface area contributed by atoms with Crippen LogP contribution in [0.5, 0.6) is 0 Å². The molecule has 1 N–H and O–H groups in total. The van der Waals surface area contributed by atoms with Crippen molar-refractivity contribution in [3.63, 3.8) is 0 Å². The highest BCUT2D eigenvalue weighted by molar-refractivity contribution is 7.89. The molecule has 0 amide bonds. The van der Waals surface area contributed by atoms with Crippen LogP contribution in [0.3, 0.4) is 0 Å². The molecule has 4 nitrogen and oxygen atoms in total. The third kappa shape index (κ3) is 6.14. The maximum Gasteiger partial charge on any atom is 0.243 e. The molecule has 0 spiro atoms. The molecule has 0 saturated carbocycles. The molecule has 0 saturated heterocycles. The van der Waals surface area contributed by atoms with E-state index in [1.54, 1.807) is 24.3 Å². The summed E-state index contributed by atoms with van der Waals surface area (Å²) in [7, 11) is -3.85. The molecule has 0 aliphatic heterocycles. The van der Waals surface area contributed by atoms with E-state index in [0.717, 1.165) is 0 Å². The number of hydrogen-bond acceptors (Lipinski definition) is 3. The molecular weight excluding hydrogens is 401 g/mol. The Morgan fingerprint density at radius 3 is 2.43 bits per heavy atom. The number of sulfonamides is 1. The second-order valence-corrected chi connectivity index (χ2v) is 9.28. The van der Waals surface area contributed by atoms with Crippen molar-refractivity contribution >= 4 is 27.7 Å². The van der Waals surface area contributed by atoms with Crippen molar-refractivity contribution in [2.45, 2.75) is 31.2 Å². The van der Waals surface area contributed by atoms with Gasteiger partial charge in [0.15, 0.2) is 0 Å². The Morgan fingerprint density at radius 2 is 1.86 bits per heavy atom. The van der Waals surface area contributed by atoms with Gasteiger partial charge in [-0.2, -0.15) is 4.31 Å². The smallest absolute Gasteiger partial charge is 0.243 e. The van der Waals surface area contributed by atoms with E-state index in [1.165, 1.54) is 40.7 Å². The first-order valence-electron chi connectivity index (χ1n) is 9.04. The van der Waals surface area contributed by atoms with Gasteiger partial charge in [0.2, 0.25) is 10.0 Å². The van der Waals surface area contributed by atoms with Crippen molar-refractivity contribution in [2.75, 3.05) is 13.2 Å². The molecule has 2 aromatic rings. The number of rotatable bonds is 9. The van der Waals surface area contributed by atoms with Gasteiger partial charge in [-0.3, -0.25) is 0 Å². The fourth-order valence-electron chi connectivity index (χ4n) is 2.92. The molecule has 2 rings (SSSR count). The quantitative estimate of drug-likeness (QED) is 0.639. The van der Waals surface area contributed by atoms with E-state index < -0.39 is 16.1 Å². The van der Waals surface area contributed by atoms with Crippen LogP contribution in [0.15, 0.2) is 59.5 Å². The SMILES string of the molecule is CC(C)C[C@H](CO)N(CC=Cc1cccc(F)c1)S(=O)(=O)c1ccc(Cl)cc1. The standard InChI is InChI=1S/C21H25ClFNO3S/c1-16(2)13-20(15-25)24(12-4-6-17-5-3-7-19(23)14-17)28(26,27)21-10-8-18(22)9-11-21/h3-11,14,16,20,25H,12-13,15H2,1-2H3/t20-/m1/s1. The van der Waals surface area contributed by atoms with Crippen LogP contribution < -0.4 is 0 Å². The molecule has 0 unspecified atom stereocenters. The van der Waals surface area contributed by atoms with Gasteiger partial charge in [-0.1, -0.05) is 49.7 Å². The largest absolute Gasteiger partial charge is 0.395 e. The maximum absolute atomic E-state index is 13.3. The van der Waals surface area contributed by atoms with Gasteiger partial charge in [0.25, 0.3) is 0 Å². The minimum Gasteiger partial charge on any atom is -0.395 e. The minimum atomic E-state index is -3.85. The maximum atomic E-state index is 13.3. The Kier molecular flexibility index (Phi) is 8.19. The van der Waals surface area contributed by atoms with E-state index in [4.69, 9.17) is 11.6 Å². The molecule has 2 aromatic carbocycles. The Morgan fingerprint density at radius 1 is 1.18 bits per heavy atom. The zero-order chi connectivity index (χ0) is 20.7. The Bertz CT molecular complexity index is 898. The normalized spacial score (nSPS) is 13.5. The second kappa shape index (κ2) is 10.2. The highest BCUT2D eigenvalue weighted by Gasteiger charge is 2.30. The Balaban J connectivity index is 2.34. The van der Waals surface area contributed by atoms with Gasteiger partial charge >= 0.3 is 0 Å². The molecule has 0 fully saturated rings. The lowest BCUT2D eigenvalue weighted by Crippen LogP contribution is -2.43. The summed E-state index contributed by atoms with van der Waals surface area (Å²) in [5, 5.41) is 10.3. The molecule has 1 atom stereocenters. The van der Waals surface area contributed by atoms with Gasteiger partial charge in [-0.15, -0.1) is 0 Å². The van der Waals surface area contributed by atoms with E-state index >= 15 is 0 Å². The van der Waals surface area contributed by atoms with E-state index in [0.29, 0.717) is 17.0 Å². The summed E-state index contributed by atoms with van der Waals surface area (Å²) < 4.78 is 41.0. The van der Waals surface area contributed by atoms with Crippen molar-refractivity contribution in [1.29, 1.82) is 0 Å². The third-order valence-electron chi connectivity index (χ3n) is 4.23. The average molecular weight is 426 g/mol. The first-order valence-corrected chi connectivity index (χ1v) is 10.9. The predicted octanol–water partition coefficient (Wildman–Crippen LogP) is 4.59. The van der Waals surface area contributed by atoms with Gasteiger partial charge in [-0.05, 0) is 54.3 Å². The molecule has 0 radical (unpaired) electrons. The molecular formula is C21H25ClFNO3S. The molecule has 0 aromatic heterocycles. The van der Waals surface area contributed by atoms with E-state index in [9.17, 15) is 17.9 Å². The van der Waals surface area contributed by atoms with Crippen LogP contribution in [0.4, 0.5) is 4.39 Å². The summed E-state index contributed by atoms with van der Waals surface area (Å²) in [5.74, 6) is -0.159. The van der Waals surface area contributed by atoms with Gasteiger partial charge in [0, 0.05) is 17.6 Å². The number of aliphatic hydroxyl groups excluding tert-OH is 1. The molecule has 0 bridgehead atoms. The lowest BCUT2D eigenvalue weighted by molar-refractivity contribution is 0.175. The fraction of sp³-hybridized carbons (Fsp3) is 0.333. The van der Waals surface area contributed by atoms with Crippen molar-refractivity contribution in [1.82, 2.24) is 4.31 Å². The van der Waals surface area contributed by atoms with Crippen molar-refractivity contribution in [3.05, 3.63) is 71.0 Å². The van der Waals surface area contributed by atoms with E-state index in [-0.39, 0.29) is 29.8 Å². The second-order valence-electron chi connectivity index (χ2n) is 6.95. The number of aliphatic hydroxyl groups is 1. The van der Waals surface area contributed by atoms with Gasteiger partial charge < -0.3 is 5.11 Å². The summed E-state index contributed by atoms with van der Waals surface area (Å²) >= 11 is 5.87. The number of hydrogen-bond donors (Lipinski definition) is 1. The first kappa shape index (κ1) is 22.6. The highest BCUT2D eigenvalue weighted by Crippen LogP contribution is 2.23. The highest BCUT2D eigenvalue weighted by atomic mass is 35.5. The van der Waals surface area contributed by atoms with Gasteiger partial charge in [0.1, 0.15) is 5.82 Å². The molecule has 0 aliphatic rings. The monoisotopic (exact) mass is 425 g/mol. The summed E-state index contributed by atoms with van der Waals surface area (Å²) in [4.78, 5) is 0.110. The lowest BCUT2D eigenvalue weighted by atomic mass is 10.0. The van der Waals surface area contributed by atoms with Crippen LogP contribution in [0.1, 0.15) is 25.8 Å². The Hall–Kier alpha value is -1.73. The first-order chi connectivity index (χ1) is 13.2. The number of halogens is 2. The Labute approximate surface area is 171 Å². The molecule has 7 heteroatoms. The van der Waals surface area contributed by atoms with E-state index in [2.05, 4.69) is 0 Å². The van der Waals surface area contributed by atoms with Crippen molar-refractivity contribution in [3.8, 4) is 0 Å². The summed E-state index contributed by atoms with van der Waals surface area (Å²) in [6.07, 6.45) is 3.83. The van der Waals surface area contributed by atoms with Crippen molar-refractivity contribution in [2.24, 2.45) is 5.92 Å². The third-order valence-corrected chi connectivity index (χ3v) is 6.41. The average Bonchev–Trinajstić information content (AvgIpc) is 2.64. The van der Waals surface area contributed by atoms with Crippen molar-refractivity contribution < 1.29 is 17.9 Å². The zero-order valence-electron chi connectivity index (χ0n) is 15.9. The molecule has 28 heavy (non-hydrogen) atoms. The predicted molar refractivity (Wildman–Crippen MR) is 111 cm³/mol. The summed E-state index contributed by atoms with van der Waals surface area (Å²) in [6.45, 7) is 3.70. The molecule has 152 valence electrons. The van der Waals surface area contributed by atoms with Gasteiger partial charge in [0.05, 0.1) is 11.5 Å². The summed E-state index contributed by atoms with van der Waals surface area (Å²) in [6, 6.07) is 11.4. The van der Waals surface area contributed by atoms with E-state index in [1.807, 2.05) is 13.8 Å². The van der Waals surface area contributed by atoms with Crippen LogP contribution in [-0.2, 0) is 10.0 Å². The topological polar surface area (TPSA) is 57.6 Å². The van der Waals surface area contributed by atoms with Crippen LogP contribution in [0.25, 0.3) is 6.08 Å². The summed E-state index contributed by atoms with van der Waals surface area (Å²) in [5.41, 5.74) is 0.633.